The standard InChI is InChI=1S/C16H24N4O8S/c1-5-27-16-17-19(14(10-21)20(16)28-6-2)15(22)18-29(23,24)13-9-11(25-3)7-8-12(13)26-4/h7-10,14,16-17H,5-6H2,1-4H3,(H,18,22). The highest BCUT2D eigenvalue weighted by Gasteiger charge is 2.44. The number of hydrazine groups is 1. The van der Waals surface area contributed by atoms with E-state index in [1.807, 2.05) is 4.72 Å². The summed E-state index contributed by atoms with van der Waals surface area (Å²) in [5.41, 5.74) is 2.60. The number of carbonyl (C=O) groups excluding carboxylic acids is 2. The maximum absolute atomic E-state index is 12.8. The number of benzene rings is 1. The summed E-state index contributed by atoms with van der Waals surface area (Å²) in [6.45, 7) is 3.85. The molecule has 1 saturated heterocycles. The van der Waals surface area contributed by atoms with Crippen LogP contribution in [0.5, 0.6) is 11.5 Å². The third kappa shape index (κ3) is 4.94. The number of urea groups is 1. The van der Waals surface area contributed by atoms with Gasteiger partial charge in [-0.3, -0.25) is 9.63 Å². The Labute approximate surface area is 168 Å². The van der Waals surface area contributed by atoms with E-state index >= 15 is 0 Å². The van der Waals surface area contributed by atoms with Crippen LogP contribution < -0.4 is 19.6 Å². The van der Waals surface area contributed by atoms with E-state index in [4.69, 9.17) is 19.0 Å². The van der Waals surface area contributed by atoms with Crippen molar-refractivity contribution in [1.29, 1.82) is 0 Å². The van der Waals surface area contributed by atoms with Crippen molar-refractivity contribution in [3.8, 4) is 11.5 Å². The summed E-state index contributed by atoms with van der Waals surface area (Å²) in [5, 5.41) is 1.89. The first kappa shape index (κ1) is 22.8. The third-order valence-electron chi connectivity index (χ3n) is 3.83. The van der Waals surface area contributed by atoms with Gasteiger partial charge in [-0.05, 0) is 26.0 Å². The van der Waals surface area contributed by atoms with Crippen LogP contribution in [0.1, 0.15) is 13.8 Å². The molecule has 1 aliphatic rings. The number of sulfonamides is 1. The van der Waals surface area contributed by atoms with Gasteiger partial charge in [0.15, 0.2) is 12.5 Å². The van der Waals surface area contributed by atoms with Crippen molar-refractivity contribution >= 4 is 22.3 Å². The van der Waals surface area contributed by atoms with E-state index in [1.54, 1.807) is 13.8 Å². The van der Waals surface area contributed by atoms with Gasteiger partial charge in [0.2, 0.25) is 6.35 Å². The zero-order valence-corrected chi connectivity index (χ0v) is 17.3. The Hall–Kier alpha value is -2.45. The molecule has 2 rings (SSSR count). The van der Waals surface area contributed by atoms with E-state index in [0.717, 1.165) is 10.1 Å². The summed E-state index contributed by atoms with van der Waals surface area (Å²) in [6.07, 6.45) is -1.80. The number of nitrogens with one attached hydrogen (secondary N) is 2. The monoisotopic (exact) mass is 432 g/mol. The van der Waals surface area contributed by atoms with Gasteiger partial charge in [-0.1, -0.05) is 0 Å². The number of hydrogen-bond acceptors (Lipinski definition) is 10. The largest absolute Gasteiger partial charge is 0.497 e. The van der Waals surface area contributed by atoms with Gasteiger partial charge in [-0.15, -0.1) is 5.06 Å². The summed E-state index contributed by atoms with van der Waals surface area (Å²) in [5.74, 6) is 0.262. The predicted octanol–water partition coefficient (Wildman–Crippen LogP) is 0.0209. The van der Waals surface area contributed by atoms with Crippen molar-refractivity contribution in [1.82, 2.24) is 20.2 Å². The summed E-state index contributed by atoms with van der Waals surface area (Å²) in [6, 6.07) is 3.00. The molecule has 0 radical (unpaired) electrons. The molecule has 2 amide bonds. The lowest BCUT2D eigenvalue weighted by Gasteiger charge is -2.24. The number of nitrogens with zero attached hydrogens (tertiary/aromatic N) is 2. The van der Waals surface area contributed by atoms with Gasteiger partial charge in [-0.2, -0.15) is 5.43 Å². The highest BCUT2D eigenvalue weighted by molar-refractivity contribution is 7.90. The fourth-order valence-electron chi connectivity index (χ4n) is 2.58. The lowest BCUT2D eigenvalue weighted by atomic mass is 10.3. The van der Waals surface area contributed by atoms with Crippen LogP contribution in [-0.4, -0.2) is 70.8 Å². The Kier molecular flexibility index (Phi) is 7.75. The van der Waals surface area contributed by atoms with Gasteiger partial charge >= 0.3 is 6.03 Å². The Morgan fingerprint density at radius 2 is 1.97 bits per heavy atom. The molecule has 0 bridgehead atoms. The molecule has 1 fully saturated rings. The van der Waals surface area contributed by atoms with Crippen molar-refractivity contribution in [3.05, 3.63) is 18.2 Å². The Bertz CT molecular complexity index is 834. The molecule has 0 aromatic heterocycles. The van der Waals surface area contributed by atoms with E-state index in [1.165, 1.54) is 32.4 Å². The minimum atomic E-state index is -4.37. The maximum atomic E-state index is 12.8. The smallest absolute Gasteiger partial charge is 0.347 e. The number of methoxy groups -OCH3 is 2. The molecule has 1 aromatic carbocycles. The van der Waals surface area contributed by atoms with Gasteiger partial charge in [0.25, 0.3) is 10.0 Å². The molecule has 13 heteroatoms. The summed E-state index contributed by atoms with van der Waals surface area (Å²) >= 11 is 0. The molecule has 1 aliphatic heterocycles. The fourth-order valence-corrected chi connectivity index (χ4v) is 3.70. The van der Waals surface area contributed by atoms with Gasteiger partial charge in [-0.25, -0.2) is 22.9 Å². The van der Waals surface area contributed by atoms with Crippen molar-refractivity contribution < 1.29 is 37.1 Å². The predicted molar refractivity (Wildman–Crippen MR) is 99.0 cm³/mol. The van der Waals surface area contributed by atoms with Gasteiger partial charge in [0.05, 0.1) is 20.8 Å². The molecule has 2 N–H and O–H groups in total. The van der Waals surface area contributed by atoms with E-state index in [2.05, 4.69) is 5.43 Å². The van der Waals surface area contributed by atoms with Crippen LogP contribution in [0.3, 0.4) is 0 Å². The Morgan fingerprint density at radius 3 is 2.52 bits per heavy atom. The summed E-state index contributed by atoms with van der Waals surface area (Å²) < 4.78 is 42.9. The van der Waals surface area contributed by atoms with Crippen LogP contribution in [0.4, 0.5) is 4.79 Å². The summed E-state index contributed by atoms with van der Waals surface area (Å²) in [7, 11) is -1.70. The van der Waals surface area contributed by atoms with Crippen molar-refractivity contribution in [3.63, 3.8) is 0 Å². The number of ether oxygens (including phenoxy) is 3. The molecule has 1 aromatic rings. The number of amides is 2. The Balaban J connectivity index is 2.29. The average Bonchev–Trinajstić information content (AvgIpc) is 3.05. The molecule has 0 spiro atoms. The maximum Gasteiger partial charge on any atom is 0.347 e. The molecule has 1 heterocycles. The quantitative estimate of drug-likeness (QED) is 0.514. The lowest BCUT2D eigenvalue weighted by molar-refractivity contribution is -0.249. The molecular weight excluding hydrogens is 408 g/mol. The van der Waals surface area contributed by atoms with Crippen molar-refractivity contribution in [2.45, 2.75) is 31.3 Å². The van der Waals surface area contributed by atoms with Crippen LogP contribution in [0.15, 0.2) is 23.1 Å². The van der Waals surface area contributed by atoms with Crippen LogP contribution in [-0.2, 0) is 24.4 Å². The molecule has 12 nitrogen and oxygen atoms in total. The average molecular weight is 432 g/mol. The minimum Gasteiger partial charge on any atom is -0.497 e. The molecule has 29 heavy (non-hydrogen) atoms. The minimum absolute atomic E-state index is 0.00977. The Morgan fingerprint density at radius 1 is 1.24 bits per heavy atom. The van der Waals surface area contributed by atoms with E-state index < -0.39 is 28.6 Å². The topological polar surface area (TPSA) is 136 Å². The normalized spacial score (nSPS) is 19.8. The SMILES string of the molecule is CCOC1NN(C(=O)NS(=O)(=O)c2cc(OC)ccc2OC)C(C=O)N1OCC. The molecule has 2 atom stereocenters. The number of rotatable bonds is 9. The molecule has 2 unspecified atom stereocenters. The number of aldehydes is 1. The number of hydroxylamine groups is 2. The van der Waals surface area contributed by atoms with E-state index in [0.29, 0.717) is 6.29 Å². The second kappa shape index (κ2) is 9.84. The first-order valence-electron chi connectivity index (χ1n) is 8.65. The molecular formula is C16H24N4O8S. The lowest BCUT2D eigenvalue weighted by Crippen LogP contribution is -2.52. The molecule has 0 saturated carbocycles. The number of hydrogen-bond donors (Lipinski definition) is 2. The zero-order valence-electron chi connectivity index (χ0n) is 16.4. The van der Waals surface area contributed by atoms with Crippen LogP contribution in [0.25, 0.3) is 0 Å². The summed E-state index contributed by atoms with van der Waals surface area (Å²) in [4.78, 5) is 29.2. The molecule has 0 aliphatic carbocycles. The zero-order chi connectivity index (χ0) is 21.6. The van der Waals surface area contributed by atoms with Crippen molar-refractivity contribution in [2.75, 3.05) is 27.4 Å². The number of carbonyl (C=O) groups is 2. The van der Waals surface area contributed by atoms with E-state index in [-0.39, 0.29) is 29.6 Å². The van der Waals surface area contributed by atoms with Crippen LogP contribution >= 0.6 is 0 Å². The second-order valence-electron chi connectivity index (χ2n) is 5.56. The first-order chi connectivity index (χ1) is 13.8. The van der Waals surface area contributed by atoms with Crippen LogP contribution in [0.2, 0.25) is 0 Å². The van der Waals surface area contributed by atoms with Gasteiger partial charge < -0.3 is 14.2 Å². The first-order valence-corrected chi connectivity index (χ1v) is 10.1. The molecule has 162 valence electrons. The highest BCUT2D eigenvalue weighted by atomic mass is 32.2. The fraction of sp³-hybridized carbons (Fsp3) is 0.500. The van der Waals surface area contributed by atoms with Gasteiger partial charge in [0, 0.05) is 12.7 Å². The van der Waals surface area contributed by atoms with Crippen LogP contribution in [0, 0.1) is 0 Å². The second-order valence-corrected chi connectivity index (χ2v) is 7.21. The highest BCUT2D eigenvalue weighted by Crippen LogP contribution is 2.28. The van der Waals surface area contributed by atoms with E-state index in [9.17, 15) is 18.0 Å². The van der Waals surface area contributed by atoms with Crippen molar-refractivity contribution in [2.24, 2.45) is 0 Å². The van der Waals surface area contributed by atoms with Gasteiger partial charge in [0.1, 0.15) is 16.4 Å². The third-order valence-corrected chi connectivity index (χ3v) is 5.17.